The van der Waals surface area contributed by atoms with Gasteiger partial charge in [0, 0.05) is 12.4 Å². The van der Waals surface area contributed by atoms with Gasteiger partial charge in [-0.25, -0.2) is 16.8 Å². The van der Waals surface area contributed by atoms with Crippen LogP contribution in [-0.4, -0.2) is 35.9 Å². The van der Waals surface area contributed by atoms with E-state index in [9.17, 15) is 25.9 Å². The smallest absolute Gasteiger partial charge is 0.744 e. The van der Waals surface area contributed by atoms with Gasteiger partial charge < -0.3 is 9.11 Å². The maximum absolute atomic E-state index is 11.3. The van der Waals surface area contributed by atoms with E-state index in [4.69, 9.17) is 0 Å². The molecule has 2 aromatic rings. The summed E-state index contributed by atoms with van der Waals surface area (Å²) in [6.45, 7) is 0. The first kappa shape index (κ1) is 22.1. The minimum absolute atomic E-state index is 0. The third-order valence-corrected chi connectivity index (χ3v) is 4.22. The summed E-state index contributed by atoms with van der Waals surface area (Å²) < 4.78 is 67.0. The largest absolute Gasteiger partial charge is 1.00 e. The van der Waals surface area contributed by atoms with Crippen LogP contribution >= 0.6 is 0 Å². The normalized spacial score (nSPS) is 11.2. The molecule has 0 aromatic carbocycles. The van der Waals surface area contributed by atoms with E-state index in [-0.39, 0.29) is 64.8 Å². The Kier molecular flexibility index (Phi) is 8.33. The number of nitrogens with zero attached hydrogens (tertiary/aromatic N) is 2. The number of hydrogen-bond donors (Lipinski definition) is 0. The first-order valence-electron chi connectivity index (χ1n) is 5.03. The Labute approximate surface area is 171 Å². The standard InChI is InChI=1S/C10H8N2O6S2.2Na/c13-19(14,15)8-4-6-12-9(10(8)20(16,17)18)7-3-1-2-5-11-7;;/h1-6H,(H,13,14,15)(H,16,17,18);;/q;2*+1/p-2. The Morgan fingerprint density at radius 3 is 1.91 bits per heavy atom. The summed E-state index contributed by atoms with van der Waals surface area (Å²) in [4.78, 5) is 5.11. The maximum Gasteiger partial charge on any atom is 1.00 e. The van der Waals surface area contributed by atoms with Crippen LogP contribution in [0.1, 0.15) is 0 Å². The molecule has 2 aromatic heterocycles. The molecule has 0 saturated carbocycles. The van der Waals surface area contributed by atoms with Crippen molar-refractivity contribution in [2.75, 3.05) is 0 Å². The van der Waals surface area contributed by atoms with Crippen molar-refractivity contribution in [2.45, 2.75) is 9.79 Å². The molecule has 0 aliphatic carbocycles. The zero-order chi connectivity index (χ0) is 15.0. The SMILES string of the molecule is O=S(=O)([O-])c1ccnc(-c2ccccn2)c1S(=O)(=O)[O-].[Na+].[Na+]. The molecule has 0 spiro atoms. The van der Waals surface area contributed by atoms with E-state index >= 15 is 0 Å². The quantitative estimate of drug-likeness (QED) is 0.389. The van der Waals surface area contributed by atoms with Crippen LogP contribution in [-0.2, 0) is 20.2 Å². The fourth-order valence-electron chi connectivity index (χ4n) is 1.55. The molecular weight excluding hydrogens is 354 g/mol. The van der Waals surface area contributed by atoms with Gasteiger partial charge in [-0.05, 0) is 18.2 Å². The van der Waals surface area contributed by atoms with Crippen LogP contribution in [0.5, 0.6) is 0 Å². The molecule has 22 heavy (non-hydrogen) atoms. The van der Waals surface area contributed by atoms with E-state index in [2.05, 4.69) is 9.97 Å². The van der Waals surface area contributed by atoms with Gasteiger partial charge in [-0.2, -0.15) is 0 Å². The van der Waals surface area contributed by atoms with Crippen molar-refractivity contribution in [1.29, 1.82) is 0 Å². The van der Waals surface area contributed by atoms with Crippen LogP contribution < -0.4 is 59.1 Å². The fraction of sp³-hybridized carbons (Fsp3) is 0. The maximum atomic E-state index is 11.3. The number of hydrogen-bond acceptors (Lipinski definition) is 8. The van der Waals surface area contributed by atoms with E-state index in [1.54, 1.807) is 0 Å². The van der Waals surface area contributed by atoms with Crippen molar-refractivity contribution >= 4 is 20.2 Å². The van der Waals surface area contributed by atoms with Crippen molar-refractivity contribution < 1.29 is 85.1 Å². The topological polar surface area (TPSA) is 140 Å². The fourth-order valence-corrected chi connectivity index (χ4v) is 3.43. The van der Waals surface area contributed by atoms with Crippen molar-refractivity contribution in [3.63, 3.8) is 0 Å². The molecule has 0 radical (unpaired) electrons. The molecule has 0 unspecified atom stereocenters. The molecule has 0 aliphatic rings. The second-order valence-electron chi connectivity index (χ2n) is 3.61. The van der Waals surface area contributed by atoms with Gasteiger partial charge in [0.15, 0.2) is 0 Å². The van der Waals surface area contributed by atoms with Crippen molar-refractivity contribution in [1.82, 2.24) is 9.97 Å². The summed E-state index contributed by atoms with van der Waals surface area (Å²) in [6.07, 6.45) is 2.22. The van der Waals surface area contributed by atoms with E-state index in [1.165, 1.54) is 24.4 Å². The minimum atomic E-state index is -5.23. The molecule has 0 amide bonds. The zero-order valence-electron chi connectivity index (χ0n) is 11.6. The molecule has 2 heterocycles. The van der Waals surface area contributed by atoms with Crippen LogP contribution in [0, 0.1) is 0 Å². The number of pyridine rings is 2. The van der Waals surface area contributed by atoms with Crippen molar-refractivity contribution in [2.24, 2.45) is 0 Å². The minimum Gasteiger partial charge on any atom is -0.744 e. The Bertz CT molecular complexity index is 856. The Hall–Kier alpha value is 0.120. The van der Waals surface area contributed by atoms with Gasteiger partial charge in [0.25, 0.3) is 0 Å². The summed E-state index contributed by atoms with van der Waals surface area (Å²) >= 11 is 0. The van der Waals surface area contributed by atoms with Gasteiger partial charge in [-0.1, -0.05) is 6.07 Å². The van der Waals surface area contributed by atoms with Gasteiger partial charge in [-0.3, -0.25) is 9.97 Å². The summed E-state index contributed by atoms with van der Waals surface area (Å²) in [6, 6.07) is 5.02. The molecular formula is C10H6N2Na2O6S2. The van der Waals surface area contributed by atoms with Gasteiger partial charge in [0.2, 0.25) is 0 Å². The Morgan fingerprint density at radius 2 is 1.45 bits per heavy atom. The molecule has 106 valence electrons. The van der Waals surface area contributed by atoms with E-state index in [1.807, 2.05) is 0 Å². The average molecular weight is 360 g/mol. The summed E-state index contributed by atoms with van der Waals surface area (Å²) in [5.74, 6) is 0. The summed E-state index contributed by atoms with van der Waals surface area (Å²) in [7, 11) is -10.4. The first-order chi connectivity index (χ1) is 9.21. The summed E-state index contributed by atoms with van der Waals surface area (Å²) in [5.41, 5.74) is -0.509. The molecule has 0 aliphatic heterocycles. The van der Waals surface area contributed by atoms with Gasteiger partial charge in [0.05, 0.1) is 15.5 Å². The van der Waals surface area contributed by atoms with Crippen LogP contribution in [0.3, 0.4) is 0 Å². The van der Waals surface area contributed by atoms with Crippen molar-refractivity contribution in [3.05, 3.63) is 36.7 Å². The Balaban J connectivity index is 0.00000220. The molecule has 0 saturated heterocycles. The van der Waals surface area contributed by atoms with E-state index < -0.39 is 35.7 Å². The third kappa shape index (κ3) is 5.06. The second kappa shape index (κ2) is 8.29. The van der Waals surface area contributed by atoms with Crippen LogP contribution in [0.15, 0.2) is 46.5 Å². The van der Waals surface area contributed by atoms with Gasteiger partial charge in [0.1, 0.15) is 25.9 Å². The van der Waals surface area contributed by atoms with Gasteiger partial charge >= 0.3 is 59.1 Å². The predicted octanol–water partition coefficient (Wildman–Crippen LogP) is -6.04. The van der Waals surface area contributed by atoms with E-state index in [0.717, 1.165) is 6.20 Å². The van der Waals surface area contributed by atoms with Crippen LogP contribution in [0.2, 0.25) is 0 Å². The predicted molar refractivity (Wildman–Crippen MR) is 63.4 cm³/mol. The molecule has 0 atom stereocenters. The molecule has 0 N–H and O–H groups in total. The molecule has 0 bridgehead atoms. The number of rotatable bonds is 3. The molecule has 12 heteroatoms. The van der Waals surface area contributed by atoms with Crippen molar-refractivity contribution in [3.8, 4) is 11.4 Å². The average Bonchev–Trinajstić information content (AvgIpc) is 2.37. The number of aromatic nitrogens is 2. The first-order valence-corrected chi connectivity index (χ1v) is 7.85. The Morgan fingerprint density at radius 1 is 0.818 bits per heavy atom. The van der Waals surface area contributed by atoms with Gasteiger partial charge in [-0.15, -0.1) is 0 Å². The third-order valence-electron chi connectivity index (χ3n) is 2.30. The van der Waals surface area contributed by atoms with Crippen LogP contribution in [0.25, 0.3) is 11.4 Å². The second-order valence-corrected chi connectivity index (χ2v) is 6.27. The monoisotopic (exact) mass is 360 g/mol. The molecule has 0 fully saturated rings. The molecule has 2 rings (SSSR count). The molecule has 8 nitrogen and oxygen atoms in total. The van der Waals surface area contributed by atoms with Crippen LogP contribution in [0.4, 0.5) is 0 Å². The summed E-state index contributed by atoms with van der Waals surface area (Å²) in [5, 5.41) is 0. The van der Waals surface area contributed by atoms with E-state index in [0.29, 0.717) is 6.07 Å². The zero-order valence-corrected chi connectivity index (χ0v) is 17.3.